The van der Waals surface area contributed by atoms with Gasteiger partial charge in [0, 0.05) is 29.1 Å². The highest BCUT2D eigenvalue weighted by molar-refractivity contribution is 7.89. The summed E-state index contributed by atoms with van der Waals surface area (Å²) in [6, 6.07) is 13.1. The Hall–Kier alpha value is -2.46. The third-order valence-electron chi connectivity index (χ3n) is 5.02. The quantitative estimate of drug-likeness (QED) is 0.512. The number of piperidine rings is 1. The summed E-state index contributed by atoms with van der Waals surface area (Å²) in [5.41, 5.74) is 0.930. The highest BCUT2D eigenvalue weighted by Gasteiger charge is 2.26. The van der Waals surface area contributed by atoms with E-state index >= 15 is 0 Å². The van der Waals surface area contributed by atoms with Crippen molar-refractivity contribution < 1.29 is 17.9 Å². The number of nitrogens with zero attached hydrogens (tertiary/aromatic N) is 2. The summed E-state index contributed by atoms with van der Waals surface area (Å²) in [6.45, 7) is 1.27. The van der Waals surface area contributed by atoms with Crippen LogP contribution in [-0.4, -0.2) is 36.7 Å². The van der Waals surface area contributed by atoms with Gasteiger partial charge in [-0.25, -0.2) is 13.4 Å². The van der Waals surface area contributed by atoms with Gasteiger partial charge in [-0.15, -0.1) is 11.3 Å². The van der Waals surface area contributed by atoms with Gasteiger partial charge in [0.15, 0.2) is 5.13 Å². The Morgan fingerprint density at radius 1 is 1.12 bits per heavy atom. The van der Waals surface area contributed by atoms with Gasteiger partial charge in [0.25, 0.3) is 5.91 Å². The number of carbonyl (C=O) groups excluding carboxylic acids is 1. The van der Waals surface area contributed by atoms with E-state index in [2.05, 4.69) is 10.3 Å². The fraction of sp³-hybridized carbons (Fsp3) is 0.273. The number of sulfonamides is 1. The van der Waals surface area contributed by atoms with Gasteiger partial charge in [-0.3, -0.25) is 10.1 Å². The largest absolute Gasteiger partial charge is 0.487 e. The molecule has 2 aromatic carbocycles. The maximum atomic E-state index is 12.9. The molecule has 0 spiro atoms. The molecule has 1 fully saturated rings. The van der Waals surface area contributed by atoms with Gasteiger partial charge < -0.3 is 4.74 Å². The molecule has 32 heavy (non-hydrogen) atoms. The molecule has 1 saturated heterocycles. The zero-order valence-corrected chi connectivity index (χ0v) is 19.5. The molecule has 4 rings (SSSR count). The number of rotatable bonds is 7. The molecular formula is C22H22ClN3O4S2. The van der Waals surface area contributed by atoms with Crippen molar-refractivity contribution in [3.63, 3.8) is 0 Å². The molecule has 0 saturated carbocycles. The van der Waals surface area contributed by atoms with E-state index in [0.717, 1.165) is 19.3 Å². The predicted molar refractivity (Wildman–Crippen MR) is 125 cm³/mol. The molecule has 0 atom stereocenters. The lowest BCUT2D eigenvalue weighted by Crippen LogP contribution is -2.35. The first-order valence-electron chi connectivity index (χ1n) is 10.2. The van der Waals surface area contributed by atoms with Crippen LogP contribution in [0.2, 0.25) is 5.02 Å². The molecule has 7 nitrogen and oxygen atoms in total. The molecule has 168 valence electrons. The minimum atomic E-state index is -3.61. The molecule has 0 unspecified atom stereocenters. The molecular weight excluding hydrogens is 470 g/mol. The molecule has 3 aromatic rings. The number of aromatic nitrogens is 1. The summed E-state index contributed by atoms with van der Waals surface area (Å²) in [6.07, 6.45) is 2.75. The third-order valence-corrected chi connectivity index (χ3v) is 7.97. The number of anilines is 1. The molecule has 1 aromatic heterocycles. The average Bonchev–Trinajstić information content (AvgIpc) is 3.26. The summed E-state index contributed by atoms with van der Waals surface area (Å²) in [5, 5.41) is 5.56. The van der Waals surface area contributed by atoms with Gasteiger partial charge in [0.05, 0.1) is 10.6 Å². The van der Waals surface area contributed by atoms with Crippen LogP contribution >= 0.6 is 22.9 Å². The molecule has 1 aliphatic heterocycles. The van der Waals surface area contributed by atoms with E-state index in [-0.39, 0.29) is 17.1 Å². The highest BCUT2D eigenvalue weighted by Crippen LogP contribution is 2.23. The van der Waals surface area contributed by atoms with Crippen LogP contribution < -0.4 is 10.1 Å². The first-order valence-corrected chi connectivity index (χ1v) is 12.9. The number of thiazole rings is 1. The van der Waals surface area contributed by atoms with Gasteiger partial charge in [0.1, 0.15) is 12.4 Å². The second-order valence-electron chi connectivity index (χ2n) is 7.33. The number of hydrogen-bond acceptors (Lipinski definition) is 6. The molecule has 1 N–H and O–H groups in total. The minimum absolute atomic E-state index is 0.128. The van der Waals surface area contributed by atoms with Gasteiger partial charge in [-0.1, -0.05) is 24.1 Å². The fourth-order valence-corrected chi connectivity index (χ4v) is 5.72. The standard InChI is InChI=1S/C22H22ClN3O4S2/c23-17-7-9-19(10-8-17)30-14-18-15-31-22(24-18)25-21(27)16-5-4-6-20(13-16)32(28,29)26-11-2-1-3-12-26/h4-10,13,15H,1-3,11-12,14H2,(H,24,25,27). The Labute approximate surface area is 196 Å². The molecule has 10 heteroatoms. The van der Waals surface area contributed by atoms with Crippen molar-refractivity contribution >= 4 is 44.0 Å². The van der Waals surface area contributed by atoms with Crippen molar-refractivity contribution in [1.29, 1.82) is 0 Å². The zero-order valence-electron chi connectivity index (χ0n) is 17.2. The van der Waals surface area contributed by atoms with Crippen molar-refractivity contribution in [2.24, 2.45) is 0 Å². The van der Waals surface area contributed by atoms with Crippen molar-refractivity contribution in [2.45, 2.75) is 30.8 Å². The van der Waals surface area contributed by atoms with E-state index in [0.29, 0.717) is 34.7 Å². The van der Waals surface area contributed by atoms with Gasteiger partial charge >= 0.3 is 0 Å². The topological polar surface area (TPSA) is 88.6 Å². The summed E-state index contributed by atoms with van der Waals surface area (Å²) in [7, 11) is -3.61. The number of carbonyl (C=O) groups is 1. The van der Waals surface area contributed by atoms with Gasteiger partial charge in [-0.05, 0) is 55.3 Å². The van der Waals surface area contributed by atoms with E-state index in [9.17, 15) is 13.2 Å². The monoisotopic (exact) mass is 491 g/mol. The summed E-state index contributed by atoms with van der Waals surface area (Å²) in [4.78, 5) is 17.2. The Balaban J connectivity index is 1.40. The predicted octanol–water partition coefficient (Wildman–Crippen LogP) is 4.80. The van der Waals surface area contributed by atoms with E-state index in [1.807, 2.05) is 0 Å². The molecule has 0 bridgehead atoms. The van der Waals surface area contributed by atoms with Crippen LogP contribution in [0.4, 0.5) is 5.13 Å². The summed E-state index contributed by atoms with van der Waals surface area (Å²) >= 11 is 7.14. The van der Waals surface area contributed by atoms with Gasteiger partial charge in [0.2, 0.25) is 10.0 Å². The number of nitrogens with one attached hydrogen (secondary N) is 1. The normalized spacial score (nSPS) is 14.8. The molecule has 2 heterocycles. The molecule has 0 radical (unpaired) electrons. The lowest BCUT2D eigenvalue weighted by molar-refractivity contribution is 0.102. The van der Waals surface area contributed by atoms with Crippen molar-refractivity contribution in [3.05, 3.63) is 70.2 Å². The smallest absolute Gasteiger partial charge is 0.257 e. The lowest BCUT2D eigenvalue weighted by atomic mass is 10.2. The maximum Gasteiger partial charge on any atom is 0.257 e. The lowest BCUT2D eigenvalue weighted by Gasteiger charge is -2.26. The number of halogens is 1. The Bertz CT molecular complexity index is 1190. The van der Waals surface area contributed by atoms with Crippen molar-refractivity contribution in [3.8, 4) is 5.75 Å². The van der Waals surface area contributed by atoms with E-state index in [1.54, 1.807) is 41.8 Å². The first-order chi connectivity index (χ1) is 15.4. The van der Waals surface area contributed by atoms with E-state index < -0.39 is 15.9 Å². The Morgan fingerprint density at radius 3 is 2.62 bits per heavy atom. The number of hydrogen-bond donors (Lipinski definition) is 1. The fourth-order valence-electron chi connectivity index (χ4n) is 3.34. The average molecular weight is 492 g/mol. The number of benzene rings is 2. The second kappa shape index (κ2) is 9.99. The molecule has 0 aliphatic carbocycles. The Kier molecular flexibility index (Phi) is 7.10. The summed E-state index contributed by atoms with van der Waals surface area (Å²) < 4.78 is 32.9. The van der Waals surface area contributed by atoms with E-state index in [1.165, 1.54) is 27.8 Å². The minimum Gasteiger partial charge on any atom is -0.487 e. The second-order valence-corrected chi connectivity index (χ2v) is 10.6. The van der Waals surface area contributed by atoms with Gasteiger partial charge in [-0.2, -0.15) is 4.31 Å². The van der Waals surface area contributed by atoms with Crippen molar-refractivity contribution in [1.82, 2.24) is 9.29 Å². The molecule has 1 aliphatic rings. The van der Waals surface area contributed by atoms with Crippen LogP contribution in [-0.2, 0) is 16.6 Å². The maximum absolute atomic E-state index is 12.9. The zero-order chi connectivity index (χ0) is 22.6. The van der Waals surface area contributed by atoms with E-state index in [4.69, 9.17) is 16.3 Å². The van der Waals surface area contributed by atoms with Crippen LogP contribution in [0, 0.1) is 0 Å². The summed E-state index contributed by atoms with van der Waals surface area (Å²) in [5.74, 6) is 0.250. The number of amides is 1. The number of ether oxygens (including phenoxy) is 1. The van der Waals surface area contributed by atoms with Crippen LogP contribution in [0.3, 0.4) is 0 Å². The van der Waals surface area contributed by atoms with Crippen LogP contribution in [0.5, 0.6) is 5.75 Å². The van der Waals surface area contributed by atoms with Crippen LogP contribution in [0.25, 0.3) is 0 Å². The highest BCUT2D eigenvalue weighted by atomic mass is 35.5. The Morgan fingerprint density at radius 2 is 1.88 bits per heavy atom. The first kappa shape index (κ1) is 22.7. The van der Waals surface area contributed by atoms with Crippen molar-refractivity contribution in [2.75, 3.05) is 18.4 Å². The van der Waals surface area contributed by atoms with Crippen LogP contribution in [0.1, 0.15) is 35.3 Å². The third kappa shape index (κ3) is 5.47. The van der Waals surface area contributed by atoms with Crippen LogP contribution in [0.15, 0.2) is 58.8 Å². The molecule has 1 amide bonds. The SMILES string of the molecule is O=C(Nc1nc(COc2ccc(Cl)cc2)cs1)c1cccc(S(=O)(=O)N2CCCCC2)c1.